The van der Waals surface area contributed by atoms with Crippen LogP contribution < -0.4 is 4.74 Å². The van der Waals surface area contributed by atoms with Crippen LogP contribution >= 0.6 is 0 Å². The highest BCUT2D eigenvalue weighted by molar-refractivity contribution is 5.84. The van der Waals surface area contributed by atoms with Crippen LogP contribution in [0.5, 0.6) is 5.75 Å². The van der Waals surface area contributed by atoms with E-state index in [-0.39, 0.29) is 11.8 Å². The molecule has 1 heterocycles. The number of rotatable bonds is 4. The number of carboxylic acids is 1. The number of ether oxygens (including phenoxy) is 1. The van der Waals surface area contributed by atoms with E-state index < -0.39 is 5.97 Å². The van der Waals surface area contributed by atoms with Gasteiger partial charge >= 0.3 is 5.97 Å². The SMILES string of the molecule is COc1ccc2nc(C(C)(C)C)cc(CCC(=O)O)c2c1. The normalized spacial score (nSPS) is 11.6. The van der Waals surface area contributed by atoms with Crippen molar-refractivity contribution in [1.29, 1.82) is 0 Å². The summed E-state index contributed by atoms with van der Waals surface area (Å²) in [6, 6.07) is 7.74. The van der Waals surface area contributed by atoms with E-state index in [4.69, 9.17) is 14.8 Å². The zero-order chi connectivity index (χ0) is 15.6. The number of hydrogen-bond donors (Lipinski definition) is 1. The first-order valence-corrected chi connectivity index (χ1v) is 7.01. The topological polar surface area (TPSA) is 59.4 Å². The molecule has 0 aliphatic rings. The van der Waals surface area contributed by atoms with Crippen LogP contribution in [-0.2, 0) is 16.6 Å². The van der Waals surface area contributed by atoms with Crippen molar-refractivity contribution < 1.29 is 14.6 Å². The minimum Gasteiger partial charge on any atom is -0.497 e. The van der Waals surface area contributed by atoms with Gasteiger partial charge in [-0.1, -0.05) is 20.8 Å². The number of aromatic nitrogens is 1. The summed E-state index contributed by atoms with van der Waals surface area (Å²) in [6.45, 7) is 6.31. The Hall–Kier alpha value is -2.10. The van der Waals surface area contributed by atoms with Gasteiger partial charge in [-0.15, -0.1) is 0 Å². The summed E-state index contributed by atoms with van der Waals surface area (Å²) in [5.41, 5.74) is 2.78. The zero-order valence-corrected chi connectivity index (χ0v) is 12.9. The van der Waals surface area contributed by atoms with E-state index in [1.54, 1.807) is 7.11 Å². The number of pyridine rings is 1. The lowest BCUT2D eigenvalue weighted by molar-refractivity contribution is -0.136. The van der Waals surface area contributed by atoms with Gasteiger partial charge in [0.2, 0.25) is 0 Å². The number of benzene rings is 1. The Kier molecular flexibility index (Phi) is 4.16. The Morgan fingerprint density at radius 2 is 2.00 bits per heavy atom. The molecule has 1 N–H and O–H groups in total. The molecule has 0 radical (unpaired) electrons. The molecule has 1 aromatic carbocycles. The highest BCUT2D eigenvalue weighted by Gasteiger charge is 2.18. The van der Waals surface area contributed by atoms with Gasteiger partial charge in [0, 0.05) is 22.9 Å². The van der Waals surface area contributed by atoms with Gasteiger partial charge in [-0.3, -0.25) is 9.78 Å². The van der Waals surface area contributed by atoms with Crippen molar-refractivity contribution in [1.82, 2.24) is 4.98 Å². The fraction of sp³-hybridized carbons (Fsp3) is 0.412. The van der Waals surface area contributed by atoms with E-state index in [1.165, 1.54) is 0 Å². The number of fused-ring (bicyclic) bond motifs is 1. The van der Waals surface area contributed by atoms with Crippen LogP contribution in [0.4, 0.5) is 0 Å². The third-order valence-corrected chi connectivity index (χ3v) is 3.48. The van der Waals surface area contributed by atoms with Crippen LogP contribution in [0.2, 0.25) is 0 Å². The van der Waals surface area contributed by atoms with Gasteiger partial charge in [-0.25, -0.2) is 0 Å². The van der Waals surface area contributed by atoms with E-state index in [0.29, 0.717) is 6.42 Å². The molecule has 0 saturated carbocycles. The van der Waals surface area contributed by atoms with Crippen LogP contribution in [0, 0.1) is 0 Å². The van der Waals surface area contributed by atoms with E-state index in [2.05, 4.69) is 20.8 Å². The van der Waals surface area contributed by atoms with E-state index in [0.717, 1.165) is 27.9 Å². The Balaban J connectivity index is 2.60. The molecule has 0 aliphatic heterocycles. The summed E-state index contributed by atoms with van der Waals surface area (Å²) in [7, 11) is 1.62. The number of carbonyl (C=O) groups is 1. The number of carboxylic acid groups (broad SMARTS) is 1. The molecule has 1 aromatic heterocycles. The Labute approximate surface area is 124 Å². The highest BCUT2D eigenvalue weighted by atomic mass is 16.5. The fourth-order valence-corrected chi connectivity index (χ4v) is 2.23. The molecule has 0 bridgehead atoms. The summed E-state index contributed by atoms with van der Waals surface area (Å²) < 4.78 is 5.26. The number of methoxy groups -OCH3 is 1. The molecule has 0 amide bonds. The van der Waals surface area contributed by atoms with Crippen molar-refractivity contribution in [2.75, 3.05) is 7.11 Å². The van der Waals surface area contributed by atoms with E-state index in [9.17, 15) is 4.79 Å². The molecule has 0 saturated heterocycles. The number of hydrogen-bond acceptors (Lipinski definition) is 3. The summed E-state index contributed by atoms with van der Waals surface area (Å²) in [5, 5.41) is 9.90. The predicted molar refractivity (Wildman–Crippen MR) is 83.0 cm³/mol. The predicted octanol–water partition coefficient (Wildman–Crippen LogP) is 3.56. The maximum atomic E-state index is 10.9. The molecule has 4 nitrogen and oxygen atoms in total. The van der Waals surface area contributed by atoms with Gasteiger partial charge in [0.05, 0.1) is 12.6 Å². The number of aliphatic carboxylic acids is 1. The summed E-state index contributed by atoms with van der Waals surface area (Å²) in [4.78, 5) is 15.6. The van der Waals surface area contributed by atoms with Crippen LogP contribution in [0.15, 0.2) is 24.3 Å². The molecule has 0 fully saturated rings. The first-order valence-electron chi connectivity index (χ1n) is 7.01. The molecular formula is C17H21NO3. The maximum absolute atomic E-state index is 10.9. The van der Waals surface area contributed by atoms with Crippen LogP contribution in [0.25, 0.3) is 10.9 Å². The highest BCUT2D eigenvalue weighted by Crippen LogP contribution is 2.29. The molecule has 112 valence electrons. The van der Waals surface area contributed by atoms with Gasteiger partial charge in [-0.2, -0.15) is 0 Å². The van der Waals surface area contributed by atoms with Crippen molar-refractivity contribution in [2.45, 2.75) is 39.0 Å². The second-order valence-corrected chi connectivity index (χ2v) is 6.19. The smallest absolute Gasteiger partial charge is 0.303 e. The Bertz CT molecular complexity index is 672. The minimum atomic E-state index is -0.792. The number of aryl methyl sites for hydroxylation is 1. The molecule has 0 unspecified atom stereocenters. The number of nitrogens with zero attached hydrogens (tertiary/aromatic N) is 1. The van der Waals surface area contributed by atoms with Gasteiger partial charge in [0.25, 0.3) is 0 Å². The van der Waals surface area contributed by atoms with Gasteiger partial charge in [-0.05, 0) is 36.2 Å². The second-order valence-electron chi connectivity index (χ2n) is 6.19. The third-order valence-electron chi connectivity index (χ3n) is 3.48. The molecule has 0 atom stereocenters. The van der Waals surface area contributed by atoms with Crippen LogP contribution in [0.1, 0.15) is 38.4 Å². The fourth-order valence-electron chi connectivity index (χ4n) is 2.23. The average molecular weight is 287 g/mol. The maximum Gasteiger partial charge on any atom is 0.303 e. The Morgan fingerprint density at radius 3 is 2.57 bits per heavy atom. The van der Waals surface area contributed by atoms with Crippen molar-refractivity contribution >= 4 is 16.9 Å². The standard InChI is InChI=1S/C17H21NO3/c1-17(2,3)15-9-11(5-8-16(19)20)13-10-12(21-4)6-7-14(13)18-15/h6-7,9-10H,5,8H2,1-4H3,(H,19,20). The molecule has 0 aliphatic carbocycles. The van der Waals surface area contributed by atoms with Crippen molar-refractivity contribution in [3.8, 4) is 5.75 Å². The molecule has 21 heavy (non-hydrogen) atoms. The third kappa shape index (κ3) is 3.51. The lowest BCUT2D eigenvalue weighted by atomic mass is 9.89. The van der Waals surface area contributed by atoms with Crippen molar-refractivity contribution in [3.63, 3.8) is 0 Å². The van der Waals surface area contributed by atoms with Gasteiger partial charge < -0.3 is 9.84 Å². The summed E-state index contributed by atoms with van der Waals surface area (Å²) in [6.07, 6.45) is 0.602. The van der Waals surface area contributed by atoms with E-state index >= 15 is 0 Å². The lowest BCUT2D eigenvalue weighted by Crippen LogP contribution is -2.14. The minimum absolute atomic E-state index is 0.0773. The van der Waals surface area contributed by atoms with Crippen molar-refractivity contribution in [2.24, 2.45) is 0 Å². The van der Waals surface area contributed by atoms with Gasteiger partial charge in [0.1, 0.15) is 5.75 Å². The molecule has 4 heteroatoms. The first-order chi connectivity index (χ1) is 9.81. The quantitative estimate of drug-likeness (QED) is 0.934. The average Bonchev–Trinajstić information content (AvgIpc) is 2.42. The summed E-state index contributed by atoms with van der Waals surface area (Å²) in [5.74, 6) is -0.0375. The Morgan fingerprint density at radius 1 is 1.29 bits per heavy atom. The monoisotopic (exact) mass is 287 g/mol. The first kappa shape index (κ1) is 15.3. The van der Waals surface area contributed by atoms with Gasteiger partial charge in [0.15, 0.2) is 0 Å². The molecule has 2 rings (SSSR count). The van der Waals surface area contributed by atoms with Crippen LogP contribution in [-0.4, -0.2) is 23.2 Å². The van der Waals surface area contributed by atoms with E-state index in [1.807, 2.05) is 24.3 Å². The lowest BCUT2D eigenvalue weighted by Gasteiger charge is -2.20. The molecule has 2 aromatic rings. The van der Waals surface area contributed by atoms with Crippen molar-refractivity contribution in [3.05, 3.63) is 35.5 Å². The largest absolute Gasteiger partial charge is 0.497 e. The van der Waals surface area contributed by atoms with Crippen LogP contribution in [0.3, 0.4) is 0 Å². The molecular weight excluding hydrogens is 266 g/mol. The summed E-state index contributed by atoms with van der Waals surface area (Å²) >= 11 is 0. The second kappa shape index (κ2) is 5.72. The molecule has 0 spiro atoms. The zero-order valence-electron chi connectivity index (χ0n) is 12.9.